The number of thiazole rings is 1. The fourth-order valence-corrected chi connectivity index (χ4v) is 4.18. The number of imide groups is 1. The molecule has 0 bridgehead atoms. The Morgan fingerprint density at radius 3 is 2.55 bits per heavy atom. The van der Waals surface area contributed by atoms with E-state index < -0.39 is 29.5 Å². The molecule has 3 amide bonds. The minimum Gasteiger partial charge on any atom is -0.408 e. The third kappa shape index (κ3) is 3.13. The highest BCUT2D eigenvalue weighted by Gasteiger charge is 2.40. The van der Waals surface area contributed by atoms with Crippen LogP contribution in [0.2, 0.25) is 0 Å². The van der Waals surface area contributed by atoms with Crippen LogP contribution in [-0.2, 0) is 4.79 Å². The molecule has 1 unspecified atom stereocenters. The first-order valence-corrected chi connectivity index (χ1v) is 10.2. The molecule has 2 aromatic heterocycles. The molecule has 1 aliphatic rings. The lowest BCUT2D eigenvalue weighted by molar-refractivity contribution is -0.119. The van der Waals surface area contributed by atoms with Crippen molar-refractivity contribution in [1.29, 1.82) is 0 Å². The van der Waals surface area contributed by atoms with E-state index in [-0.39, 0.29) is 11.1 Å². The molecule has 31 heavy (non-hydrogen) atoms. The Morgan fingerprint density at radius 2 is 1.84 bits per heavy atom. The van der Waals surface area contributed by atoms with Crippen LogP contribution >= 0.6 is 11.3 Å². The normalized spacial score (nSPS) is 14.2. The summed E-state index contributed by atoms with van der Waals surface area (Å²) in [6, 6.07) is 10.6. The van der Waals surface area contributed by atoms with Crippen molar-refractivity contribution in [3.05, 3.63) is 69.5 Å². The van der Waals surface area contributed by atoms with Crippen molar-refractivity contribution in [1.82, 2.24) is 14.9 Å². The quantitative estimate of drug-likeness (QED) is 0.476. The zero-order chi connectivity index (χ0) is 21.7. The number of hydrogen-bond donors (Lipinski definition) is 2. The van der Waals surface area contributed by atoms with Crippen molar-refractivity contribution in [3.63, 3.8) is 0 Å². The van der Waals surface area contributed by atoms with Crippen molar-refractivity contribution in [2.45, 2.75) is 13.0 Å². The minimum absolute atomic E-state index is 0.287. The molecule has 5 rings (SSSR count). The number of aromatic amines is 1. The summed E-state index contributed by atoms with van der Waals surface area (Å²) >= 11 is 1.20. The van der Waals surface area contributed by atoms with Crippen LogP contribution in [0.15, 0.2) is 57.1 Å². The maximum absolute atomic E-state index is 12.7. The van der Waals surface area contributed by atoms with Crippen LogP contribution in [0, 0.1) is 0 Å². The topological polar surface area (TPSA) is 125 Å². The van der Waals surface area contributed by atoms with E-state index in [2.05, 4.69) is 15.3 Å². The number of amides is 3. The first-order chi connectivity index (χ1) is 14.9. The van der Waals surface area contributed by atoms with E-state index in [4.69, 9.17) is 4.42 Å². The summed E-state index contributed by atoms with van der Waals surface area (Å²) in [5, 5.41) is 4.72. The second-order valence-corrected chi connectivity index (χ2v) is 7.81. The molecule has 0 saturated heterocycles. The van der Waals surface area contributed by atoms with Crippen LogP contribution in [0.3, 0.4) is 0 Å². The summed E-state index contributed by atoms with van der Waals surface area (Å²) < 4.78 is 5.06. The fourth-order valence-electron chi connectivity index (χ4n) is 3.46. The molecule has 0 radical (unpaired) electrons. The summed E-state index contributed by atoms with van der Waals surface area (Å²) in [5.41, 5.74) is 2.85. The zero-order valence-corrected chi connectivity index (χ0v) is 16.9. The van der Waals surface area contributed by atoms with E-state index in [1.165, 1.54) is 18.3 Å². The monoisotopic (exact) mass is 434 g/mol. The molecule has 9 nitrogen and oxygen atoms in total. The van der Waals surface area contributed by atoms with Crippen molar-refractivity contribution in [3.8, 4) is 11.3 Å². The number of H-pyrrole nitrogens is 1. The maximum atomic E-state index is 12.7. The van der Waals surface area contributed by atoms with E-state index in [1.54, 1.807) is 47.8 Å². The summed E-state index contributed by atoms with van der Waals surface area (Å²) in [7, 11) is 0. The highest BCUT2D eigenvalue weighted by Crippen LogP contribution is 2.28. The number of fused-ring (bicyclic) bond motifs is 2. The van der Waals surface area contributed by atoms with Crippen molar-refractivity contribution >= 4 is 45.3 Å². The van der Waals surface area contributed by atoms with Gasteiger partial charge in [0.2, 0.25) is 5.91 Å². The van der Waals surface area contributed by atoms with Crippen LogP contribution in [-0.4, -0.2) is 38.6 Å². The summed E-state index contributed by atoms with van der Waals surface area (Å²) in [4.78, 5) is 57.1. The molecule has 2 N–H and O–H groups in total. The van der Waals surface area contributed by atoms with Gasteiger partial charge in [-0.1, -0.05) is 18.2 Å². The Hall–Kier alpha value is -4.05. The van der Waals surface area contributed by atoms with Crippen LogP contribution in [0.25, 0.3) is 22.4 Å². The number of anilines is 1. The number of carbonyl (C=O) groups excluding carboxylic acids is 3. The zero-order valence-electron chi connectivity index (χ0n) is 16.0. The van der Waals surface area contributed by atoms with E-state index in [1.807, 2.05) is 0 Å². The number of benzene rings is 2. The van der Waals surface area contributed by atoms with Crippen LogP contribution < -0.4 is 11.1 Å². The Kier molecular flexibility index (Phi) is 4.29. The SMILES string of the molecule is CC(C(=O)Nc1nc(-c2ccc3[nH]c(=O)oc3c2)cs1)N1C(=O)c2ccccc2C1=O. The Bertz CT molecular complexity index is 1400. The van der Waals surface area contributed by atoms with E-state index in [0.717, 1.165) is 4.90 Å². The molecule has 3 heterocycles. The Labute approximate surface area is 178 Å². The smallest absolute Gasteiger partial charge is 0.408 e. The molecular weight excluding hydrogens is 420 g/mol. The number of hydrogen-bond acceptors (Lipinski definition) is 7. The lowest BCUT2D eigenvalue weighted by Crippen LogP contribution is -2.45. The molecule has 1 atom stereocenters. The van der Waals surface area contributed by atoms with Gasteiger partial charge in [-0.2, -0.15) is 0 Å². The summed E-state index contributed by atoms with van der Waals surface area (Å²) in [6.45, 7) is 1.49. The molecular formula is C21H14N4O5S. The van der Waals surface area contributed by atoms with Gasteiger partial charge in [-0.3, -0.25) is 24.3 Å². The van der Waals surface area contributed by atoms with Gasteiger partial charge in [0, 0.05) is 10.9 Å². The number of nitrogens with one attached hydrogen (secondary N) is 2. The second-order valence-electron chi connectivity index (χ2n) is 6.95. The van der Waals surface area contributed by atoms with Gasteiger partial charge in [0.1, 0.15) is 6.04 Å². The largest absolute Gasteiger partial charge is 0.417 e. The highest BCUT2D eigenvalue weighted by atomic mass is 32.1. The fraction of sp³-hybridized carbons (Fsp3) is 0.0952. The molecule has 2 aromatic carbocycles. The van der Waals surface area contributed by atoms with Crippen molar-refractivity contribution in [2.75, 3.05) is 5.32 Å². The van der Waals surface area contributed by atoms with Crippen LogP contribution in [0.4, 0.5) is 5.13 Å². The Morgan fingerprint density at radius 1 is 1.13 bits per heavy atom. The molecule has 10 heteroatoms. The standard InChI is InChI=1S/C21H14N4O5S/c1-10(25-18(27)12-4-2-3-5-13(12)19(25)28)17(26)24-20-22-15(9-31-20)11-6-7-14-16(8-11)30-21(29)23-14/h2-10H,1H3,(H,23,29)(H,22,24,26). The molecule has 0 spiro atoms. The third-order valence-electron chi connectivity index (χ3n) is 5.04. The van der Waals surface area contributed by atoms with Gasteiger partial charge in [0.15, 0.2) is 10.7 Å². The average molecular weight is 434 g/mol. The number of aromatic nitrogens is 2. The number of oxazole rings is 1. The van der Waals surface area contributed by atoms with Crippen molar-refractivity contribution < 1.29 is 18.8 Å². The minimum atomic E-state index is -1.01. The van der Waals surface area contributed by atoms with Crippen LogP contribution in [0.5, 0.6) is 0 Å². The highest BCUT2D eigenvalue weighted by molar-refractivity contribution is 7.14. The van der Waals surface area contributed by atoms with Gasteiger partial charge in [0.25, 0.3) is 11.8 Å². The lowest BCUT2D eigenvalue weighted by atomic mass is 10.1. The summed E-state index contributed by atoms with van der Waals surface area (Å²) in [5.74, 6) is -2.06. The molecule has 4 aromatic rings. The number of nitrogens with zero attached hydrogens (tertiary/aromatic N) is 2. The number of rotatable bonds is 4. The van der Waals surface area contributed by atoms with Gasteiger partial charge in [-0.15, -0.1) is 11.3 Å². The molecule has 0 fully saturated rings. The second kappa shape index (κ2) is 7.03. The predicted molar refractivity (Wildman–Crippen MR) is 113 cm³/mol. The molecule has 0 aliphatic carbocycles. The lowest BCUT2D eigenvalue weighted by Gasteiger charge is -2.21. The predicted octanol–water partition coefficient (Wildman–Crippen LogP) is 2.87. The van der Waals surface area contributed by atoms with E-state index in [9.17, 15) is 19.2 Å². The average Bonchev–Trinajstić information content (AvgIpc) is 3.44. The van der Waals surface area contributed by atoms with E-state index >= 15 is 0 Å². The molecule has 1 aliphatic heterocycles. The van der Waals surface area contributed by atoms with Crippen LogP contribution in [0.1, 0.15) is 27.6 Å². The van der Waals surface area contributed by atoms with E-state index in [0.29, 0.717) is 27.5 Å². The Balaban J connectivity index is 1.34. The maximum Gasteiger partial charge on any atom is 0.417 e. The molecule has 154 valence electrons. The molecule has 0 saturated carbocycles. The van der Waals surface area contributed by atoms with Gasteiger partial charge in [0.05, 0.1) is 22.3 Å². The van der Waals surface area contributed by atoms with Crippen molar-refractivity contribution in [2.24, 2.45) is 0 Å². The third-order valence-corrected chi connectivity index (χ3v) is 5.80. The van der Waals surface area contributed by atoms with Gasteiger partial charge in [-0.25, -0.2) is 9.78 Å². The summed E-state index contributed by atoms with van der Waals surface area (Å²) in [6.07, 6.45) is 0. The van der Waals surface area contributed by atoms with Gasteiger partial charge >= 0.3 is 5.76 Å². The number of carbonyl (C=O) groups is 3. The first kappa shape index (κ1) is 18.9. The first-order valence-electron chi connectivity index (χ1n) is 9.29. The van der Waals surface area contributed by atoms with Gasteiger partial charge in [-0.05, 0) is 31.2 Å². The van der Waals surface area contributed by atoms with Gasteiger partial charge < -0.3 is 9.73 Å².